The summed E-state index contributed by atoms with van der Waals surface area (Å²) < 4.78 is 1.33. The Labute approximate surface area is 107 Å². The largest absolute Gasteiger partial charge is 0.307 e. The molecule has 7 nitrogen and oxygen atoms in total. The van der Waals surface area contributed by atoms with E-state index in [0.29, 0.717) is 6.42 Å². The number of hydrogen-bond acceptors (Lipinski definition) is 4. The third-order valence-electron chi connectivity index (χ3n) is 3.41. The van der Waals surface area contributed by atoms with Crippen LogP contribution in [0.2, 0.25) is 0 Å². The number of pyridine rings is 1. The number of carbonyl (C=O) groups is 3. The van der Waals surface area contributed by atoms with Crippen molar-refractivity contribution in [3.05, 3.63) is 34.2 Å². The van der Waals surface area contributed by atoms with Crippen LogP contribution in [0.15, 0.2) is 23.0 Å². The Hall–Kier alpha value is -2.44. The van der Waals surface area contributed by atoms with Gasteiger partial charge >= 0.3 is 0 Å². The van der Waals surface area contributed by atoms with Crippen LogP contribution in [0.25, 0.3) is 0 Å². The van der Waals surface area contributed by atoms with E-state index in [1.807, 2.05) is 0 Å². The monoisotopic (exact) mass is 261 g/mol. The molecule has 3 rings (SSSR count). The van der Waals surface area contributed by atoms with E-state index in [2.05, 4.69) is 5.32 Å². The second-order valence-electron chi connectivity index (χ2n) is 4.56. The number of amides is 3. The number of nitrogens with one attached hydrogen (secondary N) is 1. The van der Waals surface area contributed by atoms with E-state index >= 15 is 0 Å². The molecule has 98 valence electrons. The maximum absolute atomic E-state index is 12.2. The fraction of sp³-hybridized carbons (Fsp3) is 0.333. The summed E-state index contributed by atoms with van der Waals surface area (Å²) in [6.45, 7) is 0.0557. The molecule has 0 aromatic carbocycles. The van der Waals surface area contributed by atoms with Gasteiger partial charge in [0.05, 0.1) is 0 Å². The van der Waals surface area contributed by atoms with Crippen LogP contribution in [-0.4, -0.2) is 33.2 Å². The van der Waals surface area contributed by atoms with Crippen molar-refractivity contribution >= 4 is 17.7 Å². The Bertz CT molecular complexity index is 649. The molecule has 3 amide bonds. The molecule has 1 fully saturated rings. The molecular weight excluding hydrogens is 250 g/mol. The number of carbonyl (C=O) groups excluding carboxylic acids is 3. The van der Waals surface area contributed by atoms with E-state index in [4.69, 9.17) is 0 Å². The molecule has 0 bridgehead atoms. The van der Waals surface area contributed by atoms with Crippen LogP contribution < -0.4 is 10.9 Å². The number of aromatic nitrogens is 1. The molecule has 0 saturated carbocycles. The maximum Gasteiger partial charge on any atom is 0.272 e. The molecule has 1 N–H and O–H groups in total. The van der Waals surface area contributed by atoms with Gasteiger partial charge in [-0.3, -0.25) is 29.1 Å². The van der Waals surface area contributed by atoms with Gasteiger partial charge in [0.25, 0.3) is 11.5 Å². The van der Waals surface area contributed by atoms with Crippen LogP contribution in [0.5, 0.6) is 0 Å². The molecule has 1 saturated heterocycles. The molecule has 0 radical (unpaired) electrons. The van der Waals surface area contributed by atoms with Gasteiger partial charge in [-0.25, -0.2) is 0 Å². The molecule has 1 unspecified atom stereocenters. The zero-order valence-electron chi connectivity index (χ0n) is 9.96. The second-order valence-corrected chi connectivity index (χ2v) is 4.56. The van der Waals surface area contributed by atoms with Gasteiger partial charge < -0.3 is 4.90 Å². The van der Waals surface area contributed by atoms with E-state index in [1.165, 1.54) is 21.6 Å². The Balaban J connectivity index is 1.92. The van der Waals surface area contributed by atoms with Crippen LogP contribution >= 0.6 is 0 Å². The zero-order chi connectivity index (χ0) is 13.6. The fourth-order valence-corrected chi connectivity index (χ4v) is 2.44. The lowest BCUT2D eigenvalue weighted by Crippen LogP contribution is -2.52. The smallest absolute Gasteiger partial charge is 0.272 e. The van der Waals surface area contributed by atoms with Crippen LogP contribution in [0.4, 0.5) is 0 Å². The predicted octanol–water partition coefficient (Wildman–Crippen LogP) is -0.933. The van der Waals surface area contributed by atoms with Crippen molar-refractivity contribution in [1.29, 1.82) is 0 Å². The first-order valence-electron chi connectivity index (χ1n) is 5.92. The van der Waals surface area contributed by atoms with Gasteiger partial charge in [-0.05, 0) is 12.5 Å². The minimum atomic E-state index is -0.690. The molecule has 0 spiro atoms. The summed E-state index contributed by atoms with van der Waals surface area (Å²) in [5.41, 5.74) is -0.00200. The van der Waals surface area contributed by atoms with Crippen LogP contribution in [0, 0.1) is 0 Å². The molecule has 2 aliphatic rings. The van der Waals surface area contributed by atoms with Crippen molar-refractivity contribution in [3.8, 4) is 0 Å². The highest BCUT2D eigenvalue weighted by Crippen LogP contribution is 2.20. The zero-order valence-corrected chi connectivity index (χ0v) is 9.96. The second kappa shape index (κ2) is 4.04. The van der Waals surface area contributed by atoms with Gasteiger partial charge in [-0.1, -0.05) is 6.07 Å². The number of hydrogen-bond donors (Lipinski definition) is 1. The quantitative estimate of drug-likeness (QED) is 0.661. The lowest BCUT2D eigenvalue weighted by atomic mass is 10.0. The average molecular weight is 261 g/mol. The van der Waals surface area contributed by atoms with E-state index < -0.39 is 11.9 Å². The number of nitrogens with zero attached hydrogens (tertiary/aromatic N) is 2. The number of rotatable bonds is 1. The summed E-state index contributed by atoms with van der Waals surface area (Å²) in [5, 5.41) is 2.21. The predicted molar refractivity (Wildman–Crippen MR) is 63.0 cm³/mol. The summed E-state index contributed by atoms with van der Waals surface area (Å²) in [5.74, 6) is -1.17. The van der Waals surface area contributed by atoms with E-state index in [0.717, 1.165) is 0 Å². The van der Waals surface area contributed by atoms with Crippen molar-refractivity contribution in [2.24, 2.45) is 0 Å². The molecule has 1 aromatic heterocycles. The van der Waals surface area contributed by atoms with Crippen molar-refractivity contribution in [2.45, 2.75) is 25.6 Å². The molecule has 1 atom stereocenters. The van der Waals surface area contributed by atoms with Gasteiger partial charge in [-0.15, -0.1) is 0 Å². The molecule has 2 aliphatic heterocycles. The first-order valence-corrected chi connectivity index (χ1v) is 5.92. The highest BCUT2D eigenvalue weighted by Gasteiger charge is 2.39. The third kappa shape index (κ3) is 1.74. The normalized spacial score (nSPS) is 22.4. The molecule has 1 aromatic rings. The SMILES string of the molecule is O=C1CCC(N2Cn3c(cccc3=O)C2=O)C(=O)N1. The summed E-state index contributed by atoms with van der Waals surface area (Å²) >= 11 is 0. The minimum Gasteiger partial charge on any atom is -0.307 e. The van der Waals surface area contributed by atoms with Gasteiger partial charge in [0, 0.05) is 12.5 Å². The van der Waals surface area contributed by atoms with Crippen LogP contribution in [0.3, 0.4) is 0 Å². The van der Waals surface area contributed by atoms with Gasteiger partial charge in [0.2, 0.25) is 11.8 Å². The van der Waals surface area contributed by atoms with E-state index in [1.54, 1.807) is 6.07 Å². The Morgan fingerprint density at radius 3 is 2.63 bits per heavy atom. The maximum atomic E-state index is 12.2. The third-order valence-corrected chi connectivity index (χ3v) is 3.41. The van der Waals surface area contributed by atoms with Gasteiger partial charge in [0.1, 0.15) is 18.4 Å². The topological polar surface area (TPSA) is 88.5 Å². The van der Waals surface area contributed by atoms with Crippen molar-refractivity contribution < 1.29 is 14.4 Å². The number of fused-ring (bicyclic) bond motifs is 1. The van der Waals surface area contributed by atoms with E-state index in [9.17, 15) is 19.2 Å². The van der Waals surface area contributed by atoms with Gasteiger partial charge in [-0.2, -0.15) is 0 Å². The number of imide groups is 1. The Kier molecular flexibility index (Phi) is 2.48. The standard InChI is InChI=1S/C12H11N3O4/c16-9-5-4-7(11(18)13-9)15-6-14-8(12(15)19)2-1-3-10(14)17/h1-3,7H,4-6H2,(H,13,16,18). The molecule has 7 heteroatoms. The number of piperidine rings is 1. The van der Waals surface area contributed by atoms with Crippen molar-refractivity contribution in [3.63, 3.8) is 0 Å². The average Bonchev–Trinajstić information content (AvgIpc) is 2.69. The van der Waals surface area contributed by atoms with Gasteiger partial charge in [0.15, 0.2) is 0 Å². The summed E-state index contributed by atoms with van der Waals surface area (Å²) in [7, 11) is 0. The lowest BCUT2D eigenvalue weighted by molar-refractivity contribution is -0.137. The summed E-state index contributed by atoms with van der Waals surface area (Å²) in [4.78, 5) is 48.0. The van der Waals surface area contributed by atoms with Crippen LogP contribution in [0.1, 0.15) is 23.3 Å². The molecule has 19 heavy (non-hydrogen) atoms. The van der Waals surface area contributed by atoms with Crippen molar-refractivity contribution in [1.82, 2.24) is 14.8 Å². The Morgan fingerprint density at radius 2 is 1.95 bits per heavy atom. The highest BCUT2D eigenvalue weighted by molar-refractivity contribution is 6.03. The fourth-order valence-electron chi connectivity index (χ4n) is 2.44. The molecule has 0 aliphatic carbocycles. The van der Waals surface area contributed by atoms with E-state index in [-0.39, 0.29) is 36.2 Å². The molecular formula is C12H11N3O4. The first-order chi connectivity index (χ1) is 9.08. The van der Waals surface area contributed by atoms with Crippen molar-refractivity contribution in [2.75, 3.05) is 0 Å². The minimum absolute atomic E-state index is 0.0557. The summed E-state index contributed by atoms with van der Waals surface area (Å²) in [6.07, 6.45) is 0.491. The Morgan fingerprint density at radius 1 is 1.16 bits per heavy atom. The lowest BCUT2D eigenvalue weighted by Gasteiger charge is -2.28. The molecule has 3 heterocycles. The van der Waals surface area contributed by atoms with Crippen LogP contribution in [-0.2, 0) is 16.3 Å². The first kappa shape index (κ1) is 11.6. The highest BCUT2D eigenvalue weighted by atomic mass is 16.2. The summed E-state index contributed by atoms with van der Waals surface area (Å²) in [6, 6.07) is 3.74.